The molecule has 154 valence electrons. The minimum absolute atomic E-state index is 0.0953. The number of benzene rings is 2. The molecule has 2 aromatic rings. The fourth-order valence-corrected chi connectivity index (χ4v) is 4.68. The van der Waals surface area contributed by atoms with Crippen LogP contribution in [-0.2, 0) is 10.0 Å². The number of hydrazone groups is 1. The lowest BCUT2D eigenvalue weighted by Gasteiger charge is -2.15. The van der Waals surface area contributed by atoms with Crippen molar-refractivity contribution >= 4 is 27.1 Å². The van der Waals surface area contributed by atoms with Gasteiger partial charge >= 0.3 is 0 Å². The topological polar surface area (TPSA) is 114 Å². The number of rotatable bonds is 7. The van der Waals surface area contributed by atoms with Crippen molar-refractivity contribution in [1.29, 1.82) is 0 Å². The third kappa shape index (κ3) is 4.38. The minimum Gasteiger partial charge on any atom is -0.496 e. The van der Waals surface area contributed by atoms with E-state index in [2.05, 4.69) is 10.5 Å². The molecular formula is C19H22N4O5S. The van der Waals surface area contributed by atoms with Gasteiger partial charge in [-0.15, -0.1) is 0 Å². The number of sulfonamides is 1. The lowest BCUT2D eigenvalue weighted by Crippen LogP contribution is -2.27. The van der Waals surface area contributed by atoms with Crippen LogP contribution in [0.3, 0.4) is 0 Å². The molecule has 0 aromatic heterocycles. The fourth-order valence-electron chi connectivity index (χ4n) is 3.14. The van der Waals surface area contributed by atoms with Gasteiger partial charge in [0.1, 0.15) is 11.4 Å². The Morgan fingerprint density at radius 3 is 2.55 bits per heavy atom. The molecule has 1 heterocycles. The summed E-state index contributed by atoms with van der Waals surface area (Å²) < 4.78 is 32.0. The number of nitro benzene ring substituents is 1. The van der Waals surface area contributed by atoms with Crippen molar-refractivity contribution in [2.45, 2.75) is 24.7 Å². The number of nitro groups is 1. The molecule has 2 aromatic carbocycles. The van der Waals surface area contributed by atoms with E-state index in [1.54, 1.807) is 20.1 Å². The van der Waals surface area contributed by atoms with Crippen LogP contribution in [0.1, 0.15) is 25.3 Å². The highest BCUT2D eigenvalue weighted by Gasteiger charge is 2.29. The van der Waals surface area contributed by atoms with Crippen molar-refractivity contribution in [1.82, 2.24) is 4.31 Å². The standard InChI is InChI=1S/C19H22N4O5S/c1-14(16-7-3-4-8-19(16)28-2)20-21-17-10-9-15(13-18(17)23(24)25)29(26,27)22-11-5-6-12-22/h3-4,7-10,13,21H,5-6,11-12H2,1-2H3/b20-14-. The number of methoxy groups -OCH3 is 1. The Morgan fingerprint density at radius 1 is 1.21 bits per heavy atom. The van der Waals surface area contributed by atoms with E-state index in [9.17, 15) is 18.5 Å². The van der Waals surface area contributed by atoms with E-state index < -0.39 is 14.9 Å². The molecule has 0 radical (unpaired) electrons. The maximum atomic E-state index is 12.7. The second kappa shape index (κ2) is 8.58. The minimum atomic E-state index is -3.75. The smallest absolute Gasteiger partial charge is 0.295 e. The van der Waals surface area contributed by atoms with Gasteiger partial charge < -0.3 is 4.74 Å². The van der Waals surface area contributed by atoms with Gasteiger partial charge in [0.2, 0.25) is 10.0 Å². The molecule has 1 aliphatic heterocycles. The molecule has 0 aliphatic carbocycles. The number of ether oxygens (including phenoxy) is 1. The Morgan fingerprint density at radius 2 is 1.90 bits per heavy atom. The number of nitrogens with zero attached hydrogens (tertiary/aromatic N) is 3. The molecule has 0 amide bonds. The highest BCUT2D eigenvalue weighted by Crippen LogP contribution is 2.30. The van der Waals surface area contributed by atoms with E-state index in [0.29, 0.717) is 24.6 Å². The van der Waals surface area contributed by atoms with Crippen LogP contribution in [0.2, 0.25) is 0 Å². The van der Waals surface area contributed by atoms with Gasteiger partial charge in [0, 0.05) is 24.7 Å². The maximum Gasteiger partial charge on any atom is 0.295 e. The summed E-state index contributed by atoms with van der Waals surface area (Å²) in [6.45, 7) is 2.60. The summed E-state index contributed by atoms with van der Waals surface area (Å²) in [7, 11) is -2.20. The fraction of sp³-hybridized carbons (Fsp3) is 0.316. The zero-order valence-corrected chi connectivity index (χ0v) is 17.0. The summed E-state index contributed by atoms with van der Waals surface area (Å²) in [6, 6.07) is 11.1. The van der Waals surface area contributed by atoms with Gasteiger partial charge in [0.25, 0.3) is 5.69 Å². The molecule has 0 unspecified atom stereocenters. The van der Waals surface area contributed by atoms with E-state index in [1.165, 1.54) is 16.4 Å². The molecule has 3 rings (SSSR count). The van der Waals surface area contributed by atoms with Crippen LogP contribution in [0.5, 0.6) is 5.75 Å². The molecule has 1 fully saturated rings. The molecule has 1 N–H and O–H groups in total. The van der Waals surface area contributed by atoms with Crippen LogP contribution >= 0.6 is 0 Å². The SMILES string of the molecule is COc1ccccc1/C(C)=N\Nc1ccc(S(=O)(=O)N2CCCC2)cc1[N+](=O)[O-]. The second-order valence-electron chi connectivity index (χ2n) is 6.56. The molecule has 0 saturated carbocycles. The number of hydrogen-bond acceptors (Lipinski definition) is 7. The van der Waals surface area contributed by atoms with Gasteiger partial charge in [-0.25, -0.2) is 8.42 Å². The number of nitrogens with one attached hydrogen (secondary N) is 1. The van der Waals surface area contributed by atoms with Crippen LogP contribution in [0.15, 0.2) is 52.5 Å². The van der Waals surface area contributed by atoms with Crippen molar-refractivity contribution in [2.24, 2.45) is 5.10 Å². The van der Waals surface area contributed by atoms with E-state index in [1.807, 2.05) is 18.2 Å². The molecule has 0 atom stereocenters. The lowest BCUT2D eigenvalue weighted by molar-refractivity contribution is -0.384. The molecule has 29 heavy (non-hydrogen) atoms. The average Bonchev–Trinajstić information content (AvgIpc) is 3.27. The highest BCUT2D eigenvalue weighted by atomic mass is 32.2. The summed E-state index contributed by atoms with van der Waals surface area (Å²) in [5, 5.41) is 15.7. The quantitative estimate of drug-likeness (QED) is 0.419. The van der Waals surface area contributed by atoms with Crippen LogP contribution in [-0.4, -0.2) is 43.6 Å². The van der Waals surface area contributed by atoms with Crippen LogP contribution in [0.25, 0.3) is 0 Å². The average molecular weight is 418 g/mol. The predicted molar refractivity (Wildman–Crippen MR) is 110 cm³/mol. The molecule has 10 heteroatoms. The van der Waals surface area contributed by atoms with Gasteiger partial charge in [0.15, 0.2) is 0 Å². The van der Waals surface area contributed by atoms with E-state index in [0.717, 1.165) is 24.5 Å². The number of para-hydroxylation sites is 1. The molecular weight excluding hydrogens is 396 g/mol. The van der Waals surface area contributed by atoms with Crippen molar-refractivity contribution in [3.05, 3.63) is 58.1 Å². The van der Waals surface area contributed by atoms with Crippen molar-refractivity contribution in [3.63, 3.8) is 0 Å². The molecule has 1 aliphatic rings. The van der Waals surface area contributed by atoms with Crippen molar-refractivity contribution in [3.8, 4) is 5.75 Å². The zero-order valence-electron chi connectivity index (χ0n) is 16.2. The molecule has 0 bridgehead atoms. The largest absolute Gasteiger partial charge is 0.496 e. The van der Waals surface area contributed by atoms with Crippen LogP contribution in [0, 0.1) is 10.1 Å². The zero-order chi connectivity index (χ0) is 21.0. The van der Waals surface area contributed by atoms with Gasteiger partial charge in [-0.2, -0.15) is 9.41 Å². The molecule has 9 nitrogen and oxygen atoms in total. The van der Waals surface area contributed by atoms with E-state index in [4.69, 9.17) is 4.74 Å². The Hall–Kier alpha value is -2.98. The first-order valence-corrected chi connectivity index (χ1v) is 10.5. The summed E-state index contributed by atoms with van der Waals surface area (Å²) in [4.78, 5) is 10.8. The summed E-state index contributed by atoms with van der Waals surface area (Å²) in [5.74, 6) is 0.622. The monoisotopic (exact) mass is 418 g/mol. The second-order valence-corrected chi connectivity index (χ2v) is 8.49. The molecule has 0 spiro atoms. The van der Waals surface area contributed by atoms with E-state index >= 15 is 0 Å². The first-order valence-electron chi connectivity index (χ1n) is 9.07. The predicted octanol–water partition coefficient (Wildman–Crippen LogP) is 3.22. The number of hydrogen-bond donors (Lipinski definition) is 1. The highest BCUT2D eigenvalue weighted by molar-refractivity contribution is 7.89. The lowest BCUT2D eigenvalue weighted by atomic mass is 10.1. The first kappa shape index (κ1) is 20.7. The van der Waals surface area contributed by atoms with Crippen molar-refractivity contribution in [2.75, 3.05) is 25.6 Å². The maximum absolute atomic E-state index is 12.7. The molecule has 1 saturated heterocycles. The third-order valence-corrected chi connectivity index (χ3v) is 6.60. The van der Waals surface area contributed by atoms with E-state index in [-0.39, 0.29) is 16.3 Å². The van der Waals surface area contributed by atoms with Crippen LogP contribution in [0.4, 0.5) is 11.4 Å². The Balaban J connectivity index is 1.91. The van der Waals surface area contributed by atoms with Gasteiger partial charge in [-0.3, -0.25) is 15.5 Å². The van der Waals surface area contributed by atoms with Crippen LogP contribution < -0.4 is 10.2 Å². The first-order chi connectivity index (χ1) is 13.8. The Labute approximate surface area is 169 Å². The Kier molecular flexibility index (Phi) is 6.14. The third-order valence-electron chi connectivity index (χ3n) is 4.71. The summed E-state index contributed by atoms with van der Waals surface area (Å²) in [5.41, 5.74) is 3.71. The number of anilines is 1. The normalized spacial score (nSPS) is 15.3. The summed E-state index contributed by atoms with van der Waals surface area (Å²) in [6.07, 6.45) is 1.58. The van der Waals surface area contributed by atoms with Gasteiger partial charge in [-0.05, 0) is 44.0 Å². The summed E-state index contributed by atoms with van der Waals surface area (Å²) >= 11 is 0. The van der Waals surface area contributed by atoms with Crippen molar-refractivity contribution < 1.29 is 18.1 Å². The Bertz CT molecular complexity index is 1050. The van der Waals surface area contributed by atoms with Gasteiger partial charge in [-0.1, -0.05) is 12.1 Å². The van der Waals surface area contributed by atoms with Gasteiger partial charge in [0.05, 0.1) is 22.6 Å².